The van der Waals surface area contributed by atoms with E-state index in [9.17, 15) is 8.42 Å². The monoisotopic (exact) mass is 306 g/mol. The molecule has 0 aliphatic rings. The molecule has 102 valence electrons. The summed E-state index contributed by atoms with van der Waals surface area (Å²) in [5.41, 5.74) is 1.19. The highest BCUT2D eigenvalue weighted by Gasteiger charge is 2.13. The average Bonchev–Trinajstić information content (AvgIpc) is 2.45. The molecule has 6 heteroatoms. The Balaban J connectivity index is 2.13. The van der Waals surface area contributed by atoms with Gasteiger partial charge in [-0.25, -0.2) is 13.1 Å². The molecule has 0 fully saturated rings. The van der Waals surface area contributed by atoms with Crippen LogP contribution in [0.15, 0.2) is 53.4 Å². The van der Waals surface area contributed by atoms with Gasteiger partial charge in [-0.2, -0.15) is 5.26 Å². The first-order valence-electron chi connectivity index (χ1n) is 5.75. The quantitative estimate of drug-likeness (QED) is 0.944. The van der Waals surface area contributed by atoms with Gasteiger partial charge in [-0.1, -0.05) is 23.7 Å². The Labute approximate surface area is 122 Å². The number of sulfonamides is 1. The lowest BCUT2D eigenvalue weighted by atomic mass is 10.2. The summed E-state index contributed by atoms with van der Waals surface area (Å²) in [5.74, 6) is 0. The zero-order valence-corrected chi connectivity index (χ0v) is 11.9. The highest BCUT2D eigenvalue weighted by atomic mass is 35.5. The molecule has 0 aromatic heterocycles. The van der Waals surface area contributed by atoms with Gasteiger partial charge >= 0.3 is 0 Å². The minimum Gasteiger partial charge on any atom is -0.207 e. The molecule has 0 aliphatic heterocycles. The number of nitrogens with zero attached hydrogens (tertiary/aromatic N) is 1. The molecule has 0 saturated heterocycles. The van der Waals surface area contributed by atoms with Gasteiger partial charge in [-0.15, -0.1) is 0 Å². The summed E-state index contributed by atoms with van der Waals surface area (Å²) < 4.78 is 26.6. The van der Waals surface area contributed by atoms with E-state index in [1.165, 1.54) is 24.3 Å². The lowest BCUT2D eigenvalue weighted by Crippen LogP contribution is -2.23. The summed E-state index contributed by atoms with van der Waals surface area (Å²) in [6.07, 6.45) is 0. The van der Waals surface area contributed by atoms with E-state index in [1.807, 2.05) is 6.07 Å². The fourth-order valence-electron chi connectivity index (χ4n) is 1.62. The average molecular weight is 307 g/mol. The second-order valence-electron chi connectivity index (χ2n) is 4.09. The summed E-state index contributed by atoms with van der Waals surface area (Å²) in [6.45, 7) is 0.156. The van der Waals surface area contributed by atoms with E-state index in [-0.39, 0.29) is 11.4 Å². The summed E-state index contributed by atoms with van der Waals surface area (Å²) in [4.78, 5) is 0.124. The van der Waals surface area contributed by atoms with Gasteiger partial charge in [0.2, 0.25) is 10.0 Å². The minimum absolute atomic E-state index is 0.124. The summed E-state index contributed by atoms with van der Waals surface area (Å²) in [7, 11) is -3.60. The van der Waals surface area contributed by atoms with Crippen molar-refractivity contribution in [2.45, 2.75) is 11.4 Å². The maximum Gasteiger partial charge on any atom is 0.240 e. The standard InChI is InChI=1S/C14H11ClN2O2S/c15-13-3-1-2-12(8-13)10-17-20(18,19)14-6-4-11(9-16)5-7-14/h1-8,17H,10H2. The normalized spacial score (nSPS) is 11.0. The van der Waals surface area contributed by atoms with E-state index >= 15 is 0 Å². The van der Waals surface area contributed by atoms with Crippen LogP contribution in [0.3, 0.4) is 0 Å². The zero-order valence-electron chi connectivity index (χ0n) is 10.4. The molecule has 0 radical (unpaired) electrons. The first kappa shape index (κ1) is 14.5. The maximum atomic E-state index is 12.1. The van der Waals surface area contributed by atoms with Gasteiger partial charge in [0.15, 0.2) is 0 Å². The van der Waals surface area contributed by atoms with Crippen LogP contribution >= 0.6 is 11.6 Å². The van der Waals surface area contributed by atoms with E-state index in [1.54, 1.807) is 24.3 Å². The SMILES string of the molecule is N#Cc1ccc(S(=O)(=O)NCc2cccc(Cl)c2)cc1. The summed E-state index contributed by atoms with van der Waals surface area (Å²) in [6, 6.07) is 14.6. The van der Waals surface area contributed by atoms with Gasteiger partial charge < -0.3 is 0 Å². The highest BCUT2D eigenvalue weighted by molar-refractivity contribution is 7.89. The Morgan fingerprint density at radius 1 is 1.15 bits per heavy atom. The van der Waals surface area contributed by atoms with E-state index in [0.717, 1.165) is 5.56 Å². The zero-order chi connectivity index (χ0) is 14.6. The van der Waals surface area contributed by atoms with Crippen molar-refractivity contribution in [1.82, 2.24) is 4.72 Å². The summed E-state index contributed by atoms with van der Waals surface area (Å²) >= 11 is 5.84. The molecule has 2 aromatic rings. The molecule has 0 atom stereocenters. The molecule has 0 aliphatic carbocycles. The van der Waals surface area contributed by atoms with Crippen LogP contribution in [0.1, 0.15) is 11.1 Å². The maximum absolute atomic E-state index is 12.1. The number of hydrogen-bond donors (Lipinski definition) is 1. The Morgan fingerprint density at radius 2 is 1.85 bits per heavy atom. The molecule has 2 aromatic carbocycles. The van der Waals surface area contributed by atoms with E-state index < -0.39 is 10.0 Å². The van der Waals surface area contributed by atoms with E-state index in [2.05, 4.69) is 4.72 Å². The third kappa shape index (κ3) is 3.58. The largest absolute Gasteiger partial charge is 0.240 e. The summed E-state index contributed by atoms with van der Waals surface area (Å²) in [5, 5.41) is 9.24. The number of nitriles is 1. The second-order valence-corrected chi connectivity index (χ2v) is 6.29. The first-order valence-corrected chi connectivity index (χ1v) is 7.62. The molecular weight excluding hydrogens is 296 g/mol. The topological polar surface area (TPSA) is 70.0 Å². The van der Waals surface area contributed by atoms with Gasteiger partial charge in [0, 0.05) is 11.6 Å². The molecule has 0 heterocycles. The Hall–Kier alpha value is -1.87. The third-order valence-electron chi connectivity index (χ3n) is 2.65. The van der Waals surface area contributed by atoms with Crippen LogP contribution in [0.2, 0.25) is 5.02 Å². The Bertz CT molecular complexity index is 749. The van der Waals surface area contributed by atoms with Crippen LogP contribution in [0.5, 0.6) is 0 Å². The van der Waals surface area contributed by atoms with Crippen molar-refractivity contribution in [3.8, 4) is 6.07 Å². The third-order valence-corrected chi connectivity index (χ3v) is 4.30. The molecule has 0 unspecified atom stereocenters. The van der Waals surface area contributed by atoms with Crippen LogP contribution in [0, 0.1) is 11.3 Å². The van der Waals surface area contributed by atoms with Crippen molar-refractivity contribution >= 4 is 21.6 Å². The molecule has 20 heavy (non-hydrogen) atoms. The predicted octanol–water partition coefficient (Wildman–Crippen LogP) is 2.69. The van der Waals surface area contributed by atoms with Crippen LogP contribution in [-0.2, 0) is 16.6 Å². The number of hydrogen-bond acceptors (Lipinski definition) is 3. The number of benzene rings is 2. The fraction of sp³-hybridized carbons (Fsp3) is 0.0714. The molecule has 1 N–H and O–H groups in total. The van der Waals surface area contributed by atoms with Crippen LogP contribution in [0.25, 0.3) is 0 Å². The minimum atomic E-state index is -3.60. The highest BCUT2D eigenvalue weighted by Crippen LogP contribution is 2.13. The van der Waals surface area contributed by atoms with Crippen LogP contribution in [-0.4, -0.2) is 8.42 Å². The predicted molar refractivity (Wildman–Crippen MR) is 76.6 cm³/mol. The van der Waals surface area contributed by atoms with Crippen molar-refractivity contribution in [2.24, 2.45) is 0 Å². The number of halogens is 1. The number of rotatable bonds is 4. The van der Waals surface area contributed by atoms with Crippen molar-refractivity contribution in [2.75, 3.05) is 0 Å². The van der Waals surface area contributed by atoms with Crippen molar-refractivity contribution in [3.05, 3.63) is 64.7 Å². The van der Waals surface area contributed by atoms with Gasteiger partial charge in [-0.3, -0.25) is 0 Å². The van der Waals surface area contributed by atoms with Crippen molar-refractivity contribution in [3.63, 3.8) is 0 Å². The lowest BCUT2D eigenvalue weighted by Gasteiger charge is -2.07. The van der Waals surface area contributed by atoms with Crippen LogP contribution < -0.4 is 4.72 Å². The molecule has 0 amide bonds. The van der Waals surface area contributed by atoms with Gasteiger partial charge in [0.1, 0.15) is 0 Å². The molecule has 2 rings (SSSR count). The molecule has 0 bridgehead atoms. The Morgan fingerprint density at radius 3 is 2.45 bits per heavy atom. The first-order chi connectivity index (χ1) is 9.51. The molecular formula is C14H11ClN2O2S. The van der Waals surface area contributed by atoms with Gasteiger partial charge in [0.25, 0.3) is 0 Å². The van der Waals surface area contributed by atoms with E-state index in [0.29, 0.717) is 10.6 Å². The molecule has 0 spiro atoms. The number of nitrogens with one attached hydrogen (secondary N) is 1. The smallest absolute Gasteiger partial charge is 0.207 e. The van der Waals surface area contributed by atoms with Gasteiger partial charge in [0.05, 0.1) is 16.5 Å². The molecule has 0 saturated carbocycles. The van der Waals surface area contributed by atoms with Gasteiger partial charge in [-0.05, 0) is 42.0 Å². The fourth-order valence-corrected chi connectivity index (χ4v) is 2.85. The Kier molecular flexibility index (Phi) is 4.40. The second kappa shape index (κ2) is 6.06. The van der Waals surface area contributed by atoms with Crippen molar-refractivity contribution in [1.29, 1.82) is 5.26 Å². The molecule has 4 nitrogen and oxygen atoms in total. The lowest BCUT2D eigenvalue weighted by molar-refractivity contribution is 0.581. The van der Waals surface area contributed by atoms with Crippen molar-refractivity contribution < 1.29 is 8.42 Å². The van der Waals surface area contributed by atoms with Crippen LogP contribution in [0.4, 0.5) is 0 Å². The van der Waals surface area contributed by atoms with E-state index in [4.69, 9.17) is 16.9 Å².